The standard InChI is InChI=1S/C31H21FO5S2/c32-22-15-17-25(18-16-22)39(34,35)37-38(23-9-3-1-4-10-23,24-11-5-2-6-12-24)26-19-20-30-28(21-26)31(33)27-13-7-8-14-29(27)36-30/h1-21H. The predicted octanol–water partition coefficient (Wildman–Crippen LogP) is 7.69. The molecule has 0 N–H and O–H groups in total. The van der Waals surface area contributed by atoms with Gasteiger partial charge in [0.15, 0.2) is 0 Å². The van der Waals surface area contributed by atoms with Crippen LogP contribution in [0.25, 0.3) is 21.9 Å². The molecule has 0 fully saturated rings. The first-order valence-electron chi connectivity index (χ1n) is 12.0. The van der Waals surface area contributed by atoms with Crippen LogP contribution in [0.3, 0.4) is 0 Å². The normalized spacial score (nSPS) is 12.5. The molecule has 194 valence electrons. The quantitative estimate of drug-likeness (QED) is 0.197. The fourth-order valence-corrected chi connectivity index (χ4v) is 9.73. The van der Waals surface area contributed by atoms with E-state index < -0.39 is 26.2 Å². The summed E-state index contributed by atoms with van der Waals surface area (Å²) in [6.07, 6.45) is 0. The van der Waals surface area contributed by atoms with E-state index in [1.807, 2.05) is 12.1 Å². The Bertz CT molecular complexity index is 1930. The summed E-state index contributed by atoms with van der Waals surface area (Å²) in [5.74, 6) is -0.563. The number of para-hydroxylation sites is 1. The SMILES string of the molecule is O=c1c2ccccc2oc2ccc(S(OS(=O)(=O)c3ccc(F)cc3)(c3ccccc3)c3ccccc3)cc12. The number of hydrogen-bond donors (Lipinski definition) is 0. The van der Waals surface area contributed by atoms with Crippen molar-refractivity contribution in [3.05, 3.63) is 143 Å². The third kappa shape index (κ3) is 4.42. The maximum atomic E-state index is 13.8. The van der Waals surface area contributed by atoms with Crippen molar-refractivity contribution >= 4 is 42.4 Å². The maximum Gasteiger partial charge on any atom is 0.307 e. The average Bonchev–Trinajstić information content (AvgIpc) is 2.97. The van der Waals surface area contributed by atoms with E-state index in [1.54, 1.807) is 91.0 Å². The zero-order valence-electron chi connectivity index (χ0n) is 20.4. The lowest BCUT2D eigenvalue weighted by Crippen LogP contribution is -2.15. The largest absolute Gasteiger partial charge is 0.456 e. The van der Waals surface area contributed by atoms with Gasteiger partial charge < -0.3 is 4.42 Å². The Hall–Kier alpha value is -4.24. The molecule has 0 spiro atoms. The van der Waals surface area contributed by atoms with Crippen LogP contribution < -0.4 is 5.43 Å². The molecule has 0 unspecified atom stereocenters. The van der Waals surface area contributed by atoms with Crippen LogP contribution in [0.5, 0.6) is 0 Å². The molecule has 6 rings (SSSR count). The van der Waals surface area contributed by atoms with Crippen molar-refractivity contribution in [3.63, 3.8) is 0 Å². The highest BCUT2D eigenvalue weighted by Crippen LogP contribution is 2.70. The minimum atomic E-state index is -4.41. The Morgan fingerprint density at radius 3 is 1.74 bits per heavy atom. The van der Waals surface area contributed by atoms with E-state index in [4.69, 9.17) is 8.05 Å². The van der Waals surface area contributed by atoms with Crippen LogP contribution >= 0.6 is 10.3 Å². The van der Waals surface area contributed by atoms with Crippen molar-refractivity contribution in [2.75, 3.05) is 0 Å². The number of rotatable bonds is 6. The number of benzene rings is 5. The van der Waals surface area contributed by atoms with Crippen LogP contribution in [0.4, 0.5) is 4.39 Å². The van der Waals surface area contributed by atoms with Gasteiger partial charge in [0.25, 0.3) is 0 Å². The van der Waals surface area contributed by atoms with E-state index in [2.05, 4.69) is 0 Å². The monoisotopic (exact) mass is 556 g/mol. The van der Waals surface area contributed by atoms with Gasteiger partial charge in [-0.1, -0.05) is 48.5 Å². The Morgan fingerprint density at radius 2 is 1.10 bits per heavy atom. The summed E-state index contributed by atoms with van der Waals surface area (Å²) in [6.45, 7) is 0. The highest BCUT2D eigenvalue weighted by molar-refractivity contribution is 8.33. The maximum absolute atomic E-state index is 13.8. The number of fused-ring (bicyclic) bond motifs is 2. The first-order valence-corrected chi connectivity index (χ1v) is 15.0. The lowest BCUT2D eigenvalue weighted by molar-refractivity contribution is 0.508. The molecule has 5 nitrogen and oxygen atoms in total. The molecule has 0 atom stereocenters. The van der Waals surface area contributed by atoms with Crippen LogP contribution in [0.15, 0.2) is 156 Å². The van der Waals surface area contributed by atoms with E-state index in [0.29, 0.717) is 36.6 Å². The summed E-state index contributed by atoms with van der Waals surface area (Å²) in [5.41, 5.74) is 0.602. The summed E-state index contributed by atoms with van der Waals surface area (Å²) >= 11 is 0. The van der Waals surface area contributed by atoms with Crippen LogP contribution in [-0.4, -0.2) is 8.42 Å². The molecular weight excluding hydrogens is 535 g/mol. The number of halogens is 1. The van der Waals surface area contributed by atoms with E-state index in [1.165, 1.54) is 12.1 Å². The lowest BCUT2D eigenvalue weighted by atomic mass is 10.1. The molecule has 1 heterocycles. The minimum Gasteiger partial charge on any atom is -0.456 e. The summed E-state index contributed by atoms with van der Waals surface area (Å²) in [5, 5.41) is 0.722. The first-order chi connectivity index (χ1) is 18.9. The molecule has 0 amide bonds. The smallest absolute Gasteiger partial charge is 0.307 e. The van der Waals surface area contributed by atoms with E-state index in [0.717, 1.165) is 12.1 Å². The predicted molar refractivity (Wildman–Crippen MR) is 150 cm³/mol. The molecular formula is C31H21FO5S2. The third-order valence-corrected chi connectivity index (χ3v) is 11.5. The zero-order valence-corrected chi connectivity index (χ0v) is 22.0. The molecule has 39 heavy (non-hydrogen) atoms. The molecule has 0 bridgehead atoms. The second-order valence-corrected chi connectivity index (χ2v) is 13.2. The molecule has 0 radical (unpaired) electrons. The third-order valence-electron chi connectivity index (χ3n) is 6.32. The topological polar surface area (TPSA) is 73.6 Å². The molecule has 0 aliphatic carbocycles. The lowest BCUT2D eigenvalue weighted by Gasteiger charge is -2.39. The Balaban J connectivity index is 1.68. The van der Waals surface area contributed by atoms with E-state index in [9.17, 15) is 17.6 Å². The molecule has 8 heteroatoms. The highest BCUT2D eigenvalue weighted by Gasteiger charge is 2.38. The molecule has 5 aromatic carbocycles. The summed E-state index contributed by atoms with van der Waals surface area (Å²) in [6, 6.07) is 34.6. The zero-order chi connectivity index (χ0) is 27.0. The van der Waals surface area contributed by atoms with Crippen LogP contribution in [-0.2, 0) is 13.7 Å². The van der Waals surface area contributed by atoms with Crippen LogP contribution in [0, 0.1) is 5.82 Å². The minimum absolute atomic E-state index is 0.182. The molecule has 0 aliphatic heterocycles. The van der Waals surface area contributed by atoms with Crippen molar-refractivity contribution in [3.8, 4) is 0 Å². The van der Waals surface area contributed by atoms with Gasteiger partial charge in [-0.05, 0) is 89.2 Å². The van der Waals surface area contributed by atoms with Gasteiger partial charge in [-0.2, -0.15) is 8.42 Å². The summed E-state index contributed by atoms with van der Waals surface area (Å²) in [7, 11) is -7.38. The fourth-order valence-electron chi connectivity index (χ4n) is 4.49. The molecule has 0 saturated carbocycles. The van der Waals surface area contributed by atoms with Crippen molar-refractivity contribution in [2.24, 2.45) is 0 Å². The average molecular weight is 557 g/mol. The van der Waals surface area contributed by atoms with Gasteiger partial charge in [0, 0.05) is 14.7 Å². The molecule has 1 aromatic heterocycles. The summed E-state index contributed by atoms with van der Waals surface area (Å²) in [4.78, 5) is 15.0. The van der Waals surface area contributed by atoms with Crippen molar-refractivity contribution in [1.29, 1.82) is 0 Å². The van der Waals surface area contributed by atoms with Crippen molar-refractivity contribution in [1.82, 2.24) is 0 Å². The van der Waals surface area contributed by atoms with Gasteiger partial charge in [-0.15, -0.1) is 0 Å². The molecule has 0 saturated heterocycles. The van der Waals surface area contributed by atoms with Gasteiger partial charge in [0.05, 0.1) is 15.7 Å². The molecule has 6 aromatic rings. The van der Waals surface area contributed by atoms with Gasteiger partial charge >= 0.3 is 10.1 Å². The van der Waals surface area contributed by atoms with Crippen LogP contribution in [0.2, 0.25) is 0 Å². The Labute approximate surface area is 225 Å². The van der Waals surface area contributed by atoms with Crippen molar-refractivity contribution < 1.29 is 20.9 Å². The fraction of sp³-hybridized carbons (Fsp3) is 0. The van der Waals surface area contributed by atoms with Gasteiger partial charge in [-0.25, -0.2) is 8.02 Å². The van der Waals surface area contributed by atoms with E-state index >= 15 is 0 Å². The van der Waals surface area contributed by atoms with E-state index in [-0.39, 0.29) is 10.3 Å². The summed E-state index contributed by atoms with van der Waals surface area (Å²) < 4.78 is 53.5. The Kier molecular flexibility index (Phi) is 6.31. The van der Waals surface area contributed by atoms with Gasteiger partial charge in [0.2, 0.25) is 5.43 Å². The van der Waals surface area contributed by atoms with Crippen molar-refractivity contribution in [2.45, 2.75) is 19.6 Å². The second kappa shape index (κ2) is 9.81. The Morgan fingerprint density at radius 1 is 0.564 bits per heavy atom. The first kappa shape index (κ1) is 25.1. The second-order valence-electron chi connectivity index (χ2n) is 8.74. The molecule has 0 aliphatic rings. The van der Waals surface area contributed by atoms with Crippen LogP contribution in [0.1, 0.15) is 0 Å². The van der Waals surface area contributed by atoms with Gasteiger partial charge in [0.1, 0.15) is 17.0 Å². The number of hydrogen-bond acceptors (Lipinski definition) is 5. The van der Waals surface area contributed by atoms with Gasteiger partial charge in [-0.3, -0.25) is 4.79 Å². The highest BCUT2D eigenvalue weighted by atomic mass is 32.3.